The van der Waals surface area contributed by atoms with Crippen molar-refractivity contribution < 1.29 is 14.7 Å². The average Bonchev–Trinajstić information content (AvgIpc) is 2.67. The van der Waals surface area contributed by atoms with Crippen molar-refractivity contribution in [3.63, 3.8) is 0 Å². The summed E-state index contributed by atoms with van der Waals surface area (Å²) in [6, 6.07) is 16.2. The van der Waals surface area contributed by atoms with E-state index in [1.54, 1.807) is 24.3 Å². The molecule has 6 nitrogen and oxygen atoms in total. The van der Waals surface area contributed by atoms with Crippen LogP contribution in [0.4, 0.5) is 0 Å². The molecule has 2 aromatic rings. The fourth-order valence-corrected chi connectivity index (χ4v) is 2.30. The summed E-state index contributed by atoms with van der Waals surface area (Å²) in [5.41, 5.74) is 5.02. The average molecular weight is 353 g/mol. The Bertz CT molecular complexity index is 756. The van der Waals surface area contributed by atoms with Crippen LogP contribution in [0, 0.1) is 0 Å². The van der Waals surface area contributed by atoms with Gasteiger partial charge in [-0.2, -0.15) is 5.10 Å². The number of amides is 2. The summed E-state index contributed by atoms with van der Waals surface area (Å²) in [6.45, 7) is 2.37. The molecular weight excluding hydrogens is 330 g/mol. The molecule has 0 radical (unpaired) electrons. The van der Waals surface area contributed by atoms with E-state index in [4.69, 9.17) is 0 Å². The van der Waals surface area contributed by atoms with E-state index in [1.165, 1.54) is 0 Å². The van der Waals surface area contributed by atoms with Crippen LogP contribution in [0.5, 0.6) is 5.75 Å². The van der Waals surface area contributed by atoms with E-state index in [-0.39, 0.29) is 30.4 Å². The van der Waals surface area contributed by atoms with Gasteiger partial charge in [0, 0.05) is 19.4 Å². The normalized spacial score (nSPS) is 11.0. The molecule has 2 rings (SSSR count). The van der Waals surface area contributed by atoms with Crippen LogP contribution in [-0.2, 0) is 16.1 Å². The molecule has 6 heteroatoms. The highest BCUT2D eigenvalue weighted by atomic mass is 16.3. The maximum Gasteiger partial charge on any atom is 0.240 e. The second-order valence-corrected chi connectivity index (χ2v) is 5.76. The zero-order valence-corrected chi connectivity index (χ0v) is 14.7. The molecule has 2 amide bonds. The lowest BCUT2D eigenvalue weighted by molar-refractivity contribution is -0.126. The van der Waals surface area contributed by atoms with Crippen LogP contribution < -0.4 is 10.7 Å². The molecule has 0 unspecified atom stereocenters. The lowest BCUT2D eigenvalue weighted by atomic mass is 10.1. The smallest absolute Gasteiger partial charge is 0.240 e. The Labute approximate surface area is 152 Å². The summed E-state index contributed by atoms with van der Waals surface area (Å²) < 4.78 is 0. The van der Waals surface area contributed by atoms with Crippen LogP contribution in [0.15, 0.2) is 59.7 Å². The maximum absolute atomic E-state index is 11.9. The minimum Gasteiger partial charge on any atom is -0.508 e. The molecule has 0 saturated heterocycles. The third kappa shape index (κ3) is 6.39. The van der Waals surface area contributed by atoms with Crippen molar-refractivity contribution in [2.75, 3.05) is 0 Å². The predicted octanol–water partition coefficient (Wildman–Crippen LogP) is 2.72. The molecule has 26 heavy (non-hydrogen) atoms. The van der Waals surface area contributed by atoms with Crippen LogP contribution in [0.3, 0.4) is 0 Å². The van der Waals surface area contributed by atoms with Crippen LogP contribution in [0.25, 0.3) is 0 Å². The molecular formula is C20H23N3O3. The molecule has 2 aromatic carbocycles. The maximum atomic E-state index is 11.9. The highest BCUT2D eigenvalue weighted by Crippen LogP contribution is 2.11. The number of hydrogen-bond donors (Lipinski definition) is 3. The number of aromatic hydroxyl groups is 1. The van der Waals surface area contributed by atoms with Gasteiger partial charge in [0.05, 0.1) is 5.71 Å². The molecule has 0 aromatic heterocycles. The standard InChI is InChI=1S/C20H23N3O3/c1-2-18(16-8-10-17(24)11-9-16)22-23-20(26)13-12-19(25)21-14-15-6-4-3-5-7-15/h3-11,24H,2,12-14H2,1H3,(H,21,25)(H,23,26)/b22-18-. The Morgan fingerprint density at radius 2 is 1.62 bits per heavy atom. The highest BCUT2D eigenvalue weighted by Gasteiger charge is 2.07. The Hall–Kier alpha value is -3.15. The second kappa shape index (κ2) is 9.98. The number of carbonyl (C=O) groups is 2. The van der Waals surface area contributed by atoms with Crippen molar-refractivity contribution in [3.8, 4) is 5.75 Å². The number of hydrogen-bond acceptors (Lipinski definition) is 4. The largest absolute Gasteiger partial charge is 0.508 e. The summed E-state index contributed by atoms with van der Waals surface area (Å²) in [5, 5.41) is 16.2. The monoisotopic (exact) mass is 353 g/mol. The van der Waals surface area contributed by atoms with Gasteiger partial charge in [0.1, 0.15) is 5.75 Å². The molecule has 3 N–H and O–H groups in total. The molecule has 0 bridgehead atoms. The SMILES string of the molecule is CC/C(=N/NC(=O)CCC(=O)NCc1ccccc1)c1ccc(O)cc1. The molecule has 0 spiro atoms. The van der Waals surface area contributed by atoms with Crippen molar-refractivity contribution in [1.29, 1.82) is 0 Å². The summed E-state index contributed by atoms with van der Waals surface area (Å²) in [7, 11) is 0. The van der Waals surface area contributed by atoms with Gasteiger partial charge < -0.3 is 10.4 Å². The summed E-state index contributed by atoms with van der Waals surface area (Å²) >= 11 is 0. The molecule has 0 heterocycles. The number of hydrazone groups is 1. The molecule has 0 aliphatic heterocycles. The van der Waals surface area contributed by atoms with E-state index in [2.05, 4.69) is 15.8 Å². The van der Waals surface area contributed by atoms with Gasteiger partial charge in [-0.3, -0.25) is 9.59 Å². The Kier molecular flexibility index (Phi) is 7.36. The van der Waals surface area contributed by atoms with Crippen molar-refractivity contribution in [3.05, 3.63) is 65.7 Å². The molecule has 0 saturated carbocycles. The Balaban J connectivity index is 1.76. The van der Waals surface area contributed by atoms with E-state index >= 15 is 0 Å². The van der Waals surface area contributed by atoms with E-state index in [1.807, 2.05) is 37.3 Å². The van der Waals surface area contributed by atoms with Gasteiger partial charge in [-0.25, -0.2) is 5.43 Å². The van der Waals surface area contributed by atoms with E-state index < -0.39 is 0 Å². The van der Waals surface area contributed by atoms with Gasteiger partial charge in [0.15, 0.2) is 0 Å². The van der Waals surface area contributed by atoms with Crippen LogP contribution >= 0.6 is 0 Å². The van der Waals surface area contributed by atoms with Crippen molar-refractivity contribution in [1.82, 2.24) is 10.7 Å². The predicted molar refractivity (Wildman–Crippen MR) is 101 cm³/mol. The van der Waals surface area contributed by atoms with Crippen molar-refractivity contribution >= 4 is 17.5 Å². The molecule has 0 fully saturated rings. The molecule has 0 aliphatic carbocycles. The Morgan fingerprint density at radius 3 is 2.27 bits per heavy atom. The fraction of sp³-hybridized carbons (Fsp3) is 0.250. The topological polar surface area (TPSA) is 90.8 Å². The minimum atomic E-state index is -0.315. The number of phenols is 1. The second-order valence-electron chi connectivity index (χ2n) is 5.76. The fourth-order valence-electron chi connectivity index (χ4n) is 2.30. The van der Waals surface area contributed by atoms with Crippen molar-refractivity contribution in [2.24, 2.45) is 5.10 Å². The summed E-state index contributed by atoms with van der Waals surface area (Å²) in [4.78, 5) is 23.7. The van der Waals surface area contributed by atoms with Gasteiger partial charge in [-0.15, -0.1) is 0 Å². The zero-order chi connectivity index (χ0) is 18.8. The number of carbonyl (C=O) groups excluding carboxylic acids is 2. The van der Waals surface area contributed by atoms with Gasteiger partial charge in [0.25, 0.3) is 0 Å². The van der Waals surface area contributed by atoms with Crippen molar-refractivity contribution in [2.45, 2.75) is 32.7 Å². The van der Waals surface area contributed by atoms with E-state index in [0.29, 0.717) is 18.7 Å². The van der Waals surface area contributed by atoms with Gasteiger partial charge >= 0.3 is 0 Å². The first kappa shape index (κ1) is 19.2. The first-order chi connectivity index (χ1) is 12.6. The third-order valence-electron chi connectivity index (χ3n) is 3.76. The number of phenolic OH excluding ortho intramolecular Hbond substituents is 1. The zero-order valence-electron chi connectivity index (χ0n) is 14.7. The molecule has 0 aliphatic rings. The lowest BCUT2D eigenvalue weighted by Gasteiger charge is -2.06. The molecule has 0 atom stereocenters. The number of rotatable bonds is 8. The number of nitrogens with zero attached hydrogens (tertiary/aromatic N) is 1. The quantitative estimate of drug-likeness (QED) is 0.503. The van der Waals surface area contributed by atoms with Crippen LogP contribution in [0.2, 0.25) is 0 Å². The van der Waals surface area contributed by atoms with E-state index in [9.17, 15) is 14.7 Å². The van der Waals surface area contributed by atoms with Crippen LogP contribution in [0.1, 0.15) is 37.3 Å². The summed E-state index contributed by atoms with van der Waals surface area (Å²) in [5.74, 6) is -0.318. The Morgan fingerprint density at radius 1 is 0.962 bits per heavy atom. The first-order valence-corrected chi connectivity index (χ1v) is 8.54. The number of benzene rings is 2. The third-order valence-corrected chi connectivity index (χ3v) is 3.76. The number of nitrogens with one attached hydrogen (secondary N) is 2. The summed E-state index contributed by atoms with van der Waals surface area (Å²) in [6.07, 6.45) is 0.800. The first-order valence-electron chi connectivity index (χ1n) is 8.54. The van der Waals surface area contributed by atoms with Gasteiger partial charge in [0.2, 0.25) is 11.8 Å². The van der Waals surface area contributed by atoms with E-state index in [0.717, 1.165) is 11.1 Å². The van der Waals surface area contributed by atoms with Crippen LogP contribution in [-0.4, -0.2) is 22.6 Å². The minimum absolute atomic E-state index is 0.0662. The van der Waals surface area contributed by atoms with Gasteiger partial charge in [-0.1, -0.05) is 37.3 Å². The molecule has 136 valence electrons. The van der Waals surface area contributed by atoms with Gasteiger partial charge in [-0.05, 0) is 41.8 Å². The lowest BCUT2D eigenvalue weighted by Crippen LogP contribution is -2.26. The highest BCUT2D eigenvalue weighted by molar-refractivity contribution is 6.01.